The summed E-state index contributed by atoms with van der Waals surface area (Å²) in [5.41, 5.74) is 0.785. The van der Waals surface area contributed by atoms with Gasteiger partial charge in [0.1, 0.15) is 0 Å². The summed E-state index contributed by atoms with van der Waals surface area (Å²) in [7, 11) is 0. The molecular formula is C15H17ClN2O2S. The van der Waals surface area contributed by atoms with Crippen molar-refractivity contribution in [1.82, 2.24) is 10.6 Å². The van der Waals surface area contributed by atoms with Crippen molar-refractivity contribution < 1.29 is 9.53 Å². The van der Waals surface area contributed by atoms with Gasteiger partial charge in [-0.05, 0) is 42.8 Å². The fourth-order valence-corrected chi connectivity index (χ4v) is 2.37. The summed E-state index contributed by atoms with van der Waals surface area (Å²) >= 11 is 11.1. The number of nitrogens with one attached hydrogen (secondary N) is 2. The molecule has 1 saturated heterocycles. The fraction of sp³-hybridized carbons (Fsp3) is 0.333. The van der Waals surface area contributed by atoms with E-state index in [-0.39, 0.29) is 12.0 Å². The molecular weight excluding hydrogens is 308 g/mol. The Morgan fingerprint density at radius 1 is 1.48 bits per heavy atom. The monoisotopic (exact) mass is 324 g/mol. The van der Waals surface area contributed by atoms with E-state index in [4.69, 9.17) is 28.6 Å². The van der Waals surface area contributed by atoms with E-state index in [1.165, 1.54) is 6.08 Å². The summed E-state index contributed by atoms with van der Waals surface area (Å²) in [6, 6.07) is 7.30. The largest absolute Gasteiger partial charge is 0.376 e. The first-order valence-electron chi connectivity index (χ1n) is 6.78. The second-order valence-electron chi connectivity index (χ2n) is 4.69. The molecule has 0 bridgehead atoms. The molecule has 112 valence electrons. The minimum absolute atomic E-state index is 0.179. The molecule has 6 heteroatoms. The molecule has 0 aliphatic carbocycles. The molecule has 1 amide bonds. The quantitative estimate of drug-likeness (QED) is 0.660. The van der Waals surface area contributed by atoms with Crippen LogP contribution in [0.4, 0.5) is 0 Å². The summed E-state index contributed by atoms with van der Waals surface area (Å²) in [6.07, 6.45) is 5.34. The van der Waals surface area contributed by atoms with E-state index in [2.05, 4.69) is 10.6 Å². The lowest BCUT2D eigenvalue weighted by Gasteiger charge is -2.12. The third-order valence-corrected chi connectivity index (χ3v) is 3.66. The molecule has 21 heavy (non-hydrogen) atoms. The highest BCUT2D eigenvalue weighted by atomic mass is 35.5. The van der Waals surface area contributed by atoms with Crippen LogP contribution in [0.5, 0.6) is 0 Å². The van der Waals surface area contributed by atoms with E-state index in [9.17, 15) is 4.79 Å². The van der Waals surface area contributed by atoms with Gasteiger partial charge in [0.05, 0.1) is 6.10 Å². The molecule has 1 unspecified atom stereocenters. The van der Waals surface area contributed by atoms with Crippen molar-refractivity contribution >= 4 is 40.9 Å². The maximum atomic E-state index is 11.7. The normalized spacial score (nSPS) is 17.9. The first-order chi connectivity index (χ1) is 10.1. The van der Waals surface area contributed by atoms with E-state index in [1.54, 1.807) is 12.1 Å². The van der Waals surface area contributed by atoms with Crippen LogP contribution in [0.2, 0.25) is 5.02 Å². The van der Waals surface area contributed by atoms with Crippen LogP contribution >= 0.6 is 23.8 Å². The van der Waals surface area contributed by atoms with Crippen molar-refractivity contribution in [2.24, 2.45) is 0 Å². The smallest absolute Gasteiger partial charge is 0.250 e. The number of ether oxygens (including phenoxy) is 1. The highest BCUT2D eigenvalue weighted by molar-refractivity contribution is 7.80. The minimum atomic E-state index is -0.292. The zero-order chi connectivity index (χ0) is 15.1. The molecule has 0 saturated carbocycles. The Morgan fingerprint density at radius 2 is 2.29 bits per heavy atom. The molecule has 1 aliphatic rings. The summed E-state index contributed by atoms with van der Waals surface area (Å²) in [4.78, 5) is 11.7. The van der Waals surface area contributed by atoms with Gasteiger partial charge in [-0.3, -0.25) is 10.1 Å². The Bertz CT molecular complexity index is 542. The predicted octanol–water partition coefficient (Wildman–Crippen LogP) is 2.52. The van der Waals surface area contributed by atoms with E-state index in [0.717, 1.165) is 25.0 Å². The van der Waals surface area contributed by atoms with Crippen LogP contribution in [-0.2, 0) is 9.53 Å². The van der Waals surface area contributed by atoms with Crippen LogP contribution < -0.4 is 10.6 Å². The molecule has 2 N–H and O–H groups in total. The number of hydrogen-bond donors (Lipinski definition) is 2. The van der Waals surface area contributed by atoms with Gasteiger partial charge in [-0.25, -0.2) is 0 Å². The van der Waals surface area contributed by atoms with Gasteiger partial charge < -0.3 is 10.1 Å². The first kappa shape index (κ1) is 15.9. The Labute approximate surface area is 134 Å². The third kappa shape index (κ3) is 5.46. The molecule has 4 nitrogen and oxygen atoms in total. The van der Waals surface area contributed by atoms with Gasteiger partial charge in [0.15, 0.2) is 5.11 Å². The predicted molar refractivity (Wildman–Crippen MR) is 88.2 cm³/mol. The molecule has 1 fully saturated rings. The minimum Gasteiger partial charge on any atom is -0.376 e. The summed E-state index contributed by atoms with van der Waals surface area (Å²) in [5, 5.41) is 6.47. The zero-order valence-electron chi connectivity index (χ0n) is 11.5. The van der Waals surface area contributed by atoms with Crippen LogP contribution in [0, 0.1) is 0 Å². The lowest BCUT2D eigenvalue weighted by molar-refractivity contribution is -0.115. The number of amides is 1. The molecule has 1 aliphatic heterocycles. The van der Waals surface area contributed by atoms with Gasteiger partial charge in [-0.2, -0.15) is 0 Å². The Kier molecular flexibility index (Phi) is 6.17. The van der Waals surface area contributed by atoms with Crippen molar-refractivity contribution in [3.05, 3.63) is 40.9 Å². The van der Waals surface area contributed by atoms with E-state index in [0.29, 0.717) is 16.7 Å². The summed E-state index contributed by atoms with van der Waals surface area (Å²) in [5.74, 6) is -0.292. The highest BCUT2D eigenvalue weighted by Gasteiger charge is 2.15. The second kappa shape index (κ2) is 8.12. The number of carbonyl (C=O) groups is 1. The lowest BCUT2D eigenvalue weighted by Crippen LogP contribution is -2.41. The number of thiocarbonyl (C=S) groups is 1. The molecule has 0 aromatic heterocycles. The van der Waals surface area contributed by atoms with Gasteiger partial charge in [0.25, 0.3) is 0 Å². The van der Waals surface area contributed by atoms with Gasteiger partial charge >= 0.3 is 0 Å². The molecule has 1 aromatic rings. The van der Waals surface area contributed by atoms with E-state index < -0.39 is 0 Å². The maximum Gasteiger partial charge on any atom is 0.250 e. The van der Waals surface area contributed by atoms with Crippen molar-refractivity contribution in [1.29, 1.82) is 0 Å². The number of rotatable bonds is 4. The number of benzene rings is 1. The number of hydrogen-bond acceptors (Lipinski definition) is 3. The topological polar surface area (TPSA) is 50.4 Å². The van der Waals surface area contributed by atoms with Crippen LogP contribution in [0.25, 0.3) is 6.08 Å². The van der Waals surface area contributed by atoms with Gasteiger partial charge in [0, 0.05) is 24.3 Å². The molecule has 1 atom stereocenters. The fourth-order valence-electron chi connectivity index (χ4n) is 1.99. The summed E-state index contributed by atoms with van der Waals surface area (Å²) in [6.45, 7) is 1.42. The average Bonchev–Trinajstić information content (AvgIpc) is 2.97. The van der Waals surface area contributed by atoms with Crippen molar-refractivity contribution in [3.8, 4) is 0 Å². The van der Waals surface area contributed by atoms with Crippen LogP contribution in [0.3, 0.4) is 0 Å². The van der Waals surface area contributed by atoms with Crippen LogP contribution in [0.15, 0.2) is 30.3 Å². The van der Waals surface area contributed by atoms with E-state index in [1.807, 2.05) is 18.2 Å². The zero-order valence-corrected chi connectivity index (χ0v) is 13.0. The Balaban J connectivity index is 1.75. The second-order valence-corrected chi connectivity index (χ2v) is 5.50. The maximum absolute atomic E-state index is 11.7. The van der Waals surface area contributed by atoms with E-state index >= 15 is 0 Å². The summed E-state index contributed by atoms with van der Waals surface area (Å²) < 4.78 is 5.46. The average molecular weight is 325 g/mol. The van der Waals surface area contributed by atoms with Crippen molar-refractivity contribution in [3.63, 3.8) is 0 Å². The lowest BCUT2D eigenvalue weighted by atomic mass is 10.2. The van der Waals surface area contributed by atoms with Gasteiger partial charge in [-0.1, -0.05) is 29.8 Å². The highest BCUT2D eigenvalue weighted by Crippen LogP contribution is 2.16. The van der Waals surface area contributed by atoms with Crippen molar-refractivity contribution in [2.75, 3.05) is 13.2 Å². The number of carbonyl (C=O) groups excluding carboxylic acids is 1. The number of halogens is 1. The first-order valence-corrected chi connectivity index (χ1v) is 7.57. The SMILES string of the molecule is O=C(/C=C/c1ccccc1Cl)NC(=S)NCC1CCCO1. The molecule has 1 aromatic carbocycles. The third-order valence-electron chi connectivity index (χ3n) is 3.07. The van der Waals surface area contributed by atoms with Gasteiger partial charge in [0.2, 0.25) is 5.91 Å². The molecule has 0 radical (unpaired) electrons. The van der Waals surface area contributed by atoms with Crippen molar-refractivity contribution in [2.45, 2.75) is 18.9 Å². The van der Waals surface area contributed by atoms with Crippen LogP contribution in [-0.4, -0.2) is 30.3 Å². The standard InChI is InChI=1S/C15H17ClN2O2S/c16-13-6-2-1-4-11(13)7-8-14(19)18-15(21)17-10-12-5-3-9-20-12/h1-2,4,6-8,12H,3,5,9-10H2,(H2,17,18,19,21)/b8-7+. The Hall–Kier alpha value is -1.43. The molecule has 1 heterocycles. The molecule has 2 rings (SSSR count). The van der Waals surface area contributed by atoms with Crippen LogP contribution in [0.1, 0.15) is 18.4 Å². The molecule has 0 spiro atoms. The van der Waals surface area contributed by atoms with Gasteiger partial charge in [-0.15, -0.1) is 0 Å². The Morgan fingerprint density at radius 3 is 3.00 bits per heavy atom.